The summed E-state index contributed by atoms with van der Waals surface area (Å²) >= 11 is 0. The molecule has 4 rings (SSSR count). The summed E-state index contributed by atoms with van der Waals surface area (Å²) < 4.78 is 16.3. The zero-order chi connectivity index (χ0) is 23.4. The van der Waals surface area contributed by atoms with Crippen molar-refractivity contribution < 1.29 is 18.8 Å². The lowest BCUT2D eigenvalue weighted by Crippen LogP contribution is -2.34. The van der Waals surface area contributed by atoms with E-state index in [4.69, 9.17) is 14.0 Å². The number of hydrogen-bond donors (Lipinski definition) is 1. The van der Waals surface area contributed by atoms with Gasteiger partial charge in [-0.25, -0.2) is 0 Å². The Balaban J connectivity index is 1.48. The number of benzene rings is 1. The minimum Gasteiger partial charge on any atom is -0.490 e. The van der Waals surface area contributed by atoms with Crippen molar-refractivity contribution >= 4 is 5.97 Å². The number of fused-ring (bicyclic) bond motifs is 1. The van der Waals surface area contributed by atoms with Crippen LogP contribution in [0, 0.1) is 17.2 Å². The highest BCUT2D eigenvalue weighted by molar-refractivity contribution is 5.71. The Hall–Kier alpha value is -3.44. The van der Waals surface area contributed by atoms with Gasteiger partial charge in [0.05, 0.1) is 24.8 Å². The lowest BCUT2D eigenvalue weighted by Gasteiger charge is -2.24. The molecule has 1 aromatic carbocycles. The number of nitrogens with one attached hydrogen (secondary N) is 1. The number of ether oxygens (including phenoxy) is 2. The Kier molecular flexibility index (Phi) is 6.90. The van der Waals surface area contributed by atoms with Crippen LogP contribution in [0.25, 0.3) is 11.5 Å². The van der Waals surface area contributed by atoms with Crippen molar-refractivity contribution in [2.24, 2.45) is 5.92 Å². The van der Waals surface area contributed by atoms with E-state index in [1.54, 1.807) is 19.1 Å². The molecule has 8 heteroatoms. The summed E-state index contributed by atoms with van der Waals surface area (Å²) in [5.74, 6) is 1.52. The average Bonchev–Trinajstić information content (AvgIpc) is 3.45. The lowest BCUT2D eigenvalue weighted by atomic mass is 9.83. The number of hydrogen-bond acceptors (Lipinski definition) is 8. The summed E-state index contributed by atoms with van der Waals surface area (Å²) in [6, 6.07) is 7.59. The molecule has 2 aliphatic carbocycles. The van der Waals surface area contributed by atoms with Gasteiger partial charge in [0.15, 0.2) is 5.82 Å². The third-order valence-electron chi connectivity index (χ3n) is 5.89. The third-order valence-corrected chi connectivity index (χ3v) is 5.89. The van der Waals surface area contributed by atoms with Crippen molar-refractivity contribution in [2.45, 2.75) is 51.7 Å². The first kappa shape index (κ1) is 22.7. The van der Waals surface area contributed by atoms with Crippen LogP contribution < -0.4 is 10.1 Å². The first-order valence-electron chi connectivity index (χ1n) is 11.3. The van der Waals surface area contributed by atoms with Crippen LogP contribution in [0.1, 0.15) is 50.9 Å². The van der Waals surface area contributed by atoms with Crippen LogP contribution in [-0.4, -0.2) is 41.4 Å². The quantitative estimate of drug-likeness (QED) is 0.605. The minimum atomic E-state index is -0.242. The van der Waals surface area contributed by atoms with Crippen molar-refractivity contribution in [1.29, 1.82) is 5.26 Å². The van der Waals surface area contributed by atoms with E-state index < -0.39 is 0 Å². The van der Waals surface area contributed by atoms with E-state index in [1.807, 2.05) is 26.0 Å². The van der Waals surface area contributed by atoms with Crippen LogP contribution in [0.4, 0.5) is 0 Å². The average molecular weight is 449 g/mol. The van der Waals surface area contributed by atoms with E-state index in [1.165, 1.54) is 5.57 Å². The van der Waals surface area contributed by atoms with E-state index in [0.29, 0.717) is 35.2 Å². The second kappa shape index (κ2) is 10.0. The second-order valence-corrected chi connectivity index (χ2v) is 8.45. The Morgan fingerprint density at radius 2 is 2.21 bits per heavy atom. The number of allylic oxidation sites excluding steroid dienone is 3. The molecular formula is C25H28N4O4. The predicted octanol–water partition coefficient (Wildman–Crippen LogP) is 3.91. The van der Waals surface area contributed by atoms with Crippen molar-refractivity contribution in [2.75, 3.05) is 13.2 Å². The van der Waals surface area contributed by atoms with E-state index in [-0.39, 0.29) is 36.5 Å². The molecule has 3 atom stereocenters. The standard InChI is InChI=1S/C25H28N4O4/c1-4-31-23(30)14-27-21-10-9-18-19(21)6-5-7-20(18)24-28-25(33-29-24)16-8-11-22(32-15(2)3)17(12-16)13-26/h5-8,11-12,15,18,20-21,27H,4,9-10,14H2,1-3H3. The Morgan fingerprint density at radius 1 is 1.36 bits per heavy atom. The van der Waals surface area contributed by atoms with Crippen LogP contribution in [0.2, 0.25) is 0 Å². The van der Waals surface area contributed by atoms with Crippen molar-refractivity contribution in [1.82, 2.24) is 15.5 Å². The fourth-order valence-corrected chi connectivity index (χ4v) is 4.48. The van der Waals surface area contributed by atoms with E-state index >= 15 is 0 Å². The second-order valence-electron chi connectivity index (χ2n) is 8.45. The van der Waals surface area contributed by atoms with E-state index in [9.17, 15) is 10.1 Å². The molecule has 1 N–H and O–H groups in total. The Labute approximate surface area is 193 Å². The molecular weight excluding hydrogens is 420 g/mol. The molecule has 8 nitrogen and oxygen atoms in total. The summed E-state index contributed by atoms with van der Waals surface area (Å²) in [5, 5.41) is 17.1. The first-order chi connectivity index (χ1) is 16.0. The van der Waals surface area contributed by atoms with Gasteiger partial charge in [-0.05, 0) is 63.3 Å². The molecule has 0 radical (unpaired) electrons. The fraction of sp³-hybridized carbons (Fsp3) is 0.440. The maximum atomic E-state index is 11.7. The number of esters is 1. The third kappa shape index (κ3) is 4.99. The summed E-state index contributed by atoms with van der Waals surface area (Å²) in [4.78, 5) is 16.4. The van der Waals surface area contributed by atoms with Gasteiger partial charge in [0.25, 0.3) is 5.89 Å². The van der Waals surface area contributed by atoms with Gasteiger partial charge in [0.1, 0.15) is 11.8 Å². The summed E-state index contributed by atoms with van der Waals surface area (Å²) in [5.41, 5.74) is 2.35. The maximum Gasteiger partial charge on any atom is 0.319 e. The Bertz CT molecular complexity index is 1110. The minimum absolute atomic E-state index is 0.00382. The normalized spacial score (nSPS) is 21.4. The molecule has 2 aliphatic rings. The molecule has 1 heterocycles. The number of carbonyl (C=O) groups excluding carboxylic acids is 1. The fourth-order valence-electron chi connectivity index (χ4n) is 4.48. The molecule has 1 aromatic heterocycles. The SMILES string of the molecule is CCOC(=O)CNC1CCC2C1=CC=CC2c1noc(-c2ccc(OC(C)C)c(C#N)c2)n1. The van der Waals surface area contributed by atoms with E-state index in [2.05, 4.69) is 33.7 Å². The van der Waals surface area contributed by atoms with Gasteiger partial charge >= 0.3 is 5.97 Å². The van der Waals surface area contributed by atoms with Crippen LogP contribution in [0.3, 0.4) is 0 Å². The van der Waals surface area contributed by atoms with Gasteiger partial charge in [-0.2, -0.15) is 10.2 Å². The molecule has 2 aromatic rings. The summed E-state index contributed by atoms with van der Waals surface area (Å²) in [7, 11) is 0. The number of nitrogens with zero attached hydrogens (tertiary/aromatic N) is 3. The summed E-state index contributed by atoms with van der Waals surface area (Å²) in [6.45, 7) is 6.21. The smallest absolute Gasteiger partial charge is 0.319 e. The highest BCUT2D eigenvalue weighted by Crippen LogP contribution is 2.44. The van der Waals surface area contributed by atoms with Gasteiger partial charge in [-0.15, -0.1) is 0 Å². The highest BCUT2D eigenvalue weighted by atomic mass is 16.5. The van der Waals surface area contributed by atoms with Crippen molar-refractivity contribution in [3.63, 3.8) is 0 Å². The van der Waals surface area contributed by atoms with Crippen molar-refractivity contribution in [3.8, 4) is 23.3 Å². The largest absolute Gasteiger partial charge is 0.490 e. The molecule has 1 fully saturated rings. The number of carbonyl (C=O) groups is 1. The number of rotatable bonds is 8. The summed E-state index contributed by atoms with van der Waals surface area (Å²) in [6.07, 6.45) is 8.09. The lowest BCUT2D eigenvalue weighted by molar-refractivity contribution is -0.142. The van der Waals surface area contributed by atoms with Crippen molar-refractivity contribution in [3.05, 3.63) is 53.4 Å². The van der Waals surface area contributed by atoms with Crippen LogP contribution >= 0.6 is 0 Å². The highest BCUT2D eigenvalue weighted by Gasteiger charge is 2.38. The van der Waals surface area contributed by atoms with Crippen LogP contribution in [0.15, 0.2) is 46.5 Å². The van der Waals surface area contributed by atoms with E-state index in [0.717, 1.165) is 12.8 Å². The molecule has 172 valence electrons. The van der Waals surface area contributed by atoms with Gasteiger partial charge < -0.3 is 19.3 Å². The first-order valence-corrected chi connectivity index (χ1v) is 11.3. The zero-order valence-electron chi connectivity index (χ0n) is 19.1. The van der Waals surface area contributed by atoms with Gasteiger partial charge in [0, 0.05) is 17.5 Å². The number of aromatic nitrogens is 2. The molecule has 0 bridgehead atoms. The van der Waals surface area contributed by atoms with Crippen LogP contribution in [-0.2, 0) is 9.53 Å². The maximum absolute atomic E-state index is 11.7. The zero-order valence-corrected chi connectivity index (χ0v) is 19.1. The molecule has 0 aliphatic heterocycles. The molecule has 1 saturated carbocycles. The predicted molar refractivity (Wildman–Crippen MR) is 121 cm³/mol. The number of nitriles is 1. The Morgan fingerprint density at radius 3 is 2.97 bits per heavy atom. The topological polar surface area (TPSA) is 110 Å². The van der Waals surface area contributed by atoms with Gasteiger partial charge in [0.2, 0.25) is 0 Å². The molecule has 3 unspecified atom stereocenters. The molecule has 0 amide bonds. The van der Waals surface area contributed by atoms with Gasteiger partial charge in [-0.1, -0.05) is 23.4 Å². The molecule has 0 saturated heterocycles. The molecule has 0 spiro atoms. The van der Waals surface area contributed by atoms with Gasteiger partial charge in [-0.3, -0.25) is 4.79 Å². The van der Waals surface area contributed by atoms with Crippen LogP contribution in [0.5, 0.6) is 5.75 Å². The monoisotopic (exact) mass is 448 g/mol. The molecule has 33 heavy (non-hydrogen) atoms.